The summed E-state index contributed by atoms with van der Waals surface area (Å²) >= 11 is 0. The maximum atomic E-state index is 10.9. The molecule has 0 atom stereocenters. The van der Waals surface area contributed by atoms with Crippen LogP contribution < -0.4 is 0 Å². The predicted molar refractivity (Wildman–Crippen MR) is 66.6 cm³/mol. The van der Waals surface area contributed by atoms with Gasteiger partial charge in [-0.25, -0.2) is 4.68 Å². The first-order chi connectivity index (χ1) is 8.74. The van der Waals surface area contributed by atoms with Gasteiger partial charge in [-0.1, -0.05) is 30.7 Å². The van der Waals surface area contributed by atoms with Gasteiger partial charge in [0, 0.05) is 0 Å². The van der Waals surface area contributed by atoms with Crippen LogP contribution in [-0.2, 0) is 13.0 Å². The molecule has 0 saturated carbocycles. The van der Waals surface area contributed by atoms with Gasteiger partial charge in [-0.2, -0.15) is 0 Å². The largest absolute Gasteiger partial charge is 0.508 e. The fraction of sp³-hybridized carbons (Fsp3) is 0.308. The molecule has 0 spiro atoms. The Kier molecular flexibility index (Phi) is 3.72. The summed E-state index contributed by atoms with van der Waals surface area (Å²) in [6.45, 7) is 2.60. The van der Waals surface area contributed by atoms with Crippen molar-refractivity contribution in [2.45, 2.75) is 26.3 Å². The van der Waals surface area contributed by atoms with E-state index in [2.05, 4.69) is 10.3 Å². The summed E-state index contributed by atoms with van der Waals surface area (Å²) in [5, 5.41) is 17.1. The zero-order valence-corrected chi connectivity index (χ0v) is 10.2. The van der Waals surface area contributed by atoms with Crippen molar-refractivity contribution in [1.29, 1.82) is 0 Å². The van der Waals surface area contributed by atoms with Crippen LogP contribution in [0.1, 0.15) is 35.1 Å². The molecule has 0 aliphatic rings. The number of carbonyl (C=O) groups excluding carboxylic acids is 1. The van der Waals surface area contributed by atoms with E-state index in [4.69, 9.17) is 0 Å². The summed E-state index contributed by atoms with van der Waals surface area (Å²) < 4.78 is 1.74. The molecule has 1 heterocycles. The van der Waals surface area contributed by atoms with Gasteiger partial charge >= 0.3 is 0 Å². The van der Waals surface area contributed by atoms with Crippen LogP contribution in [0.4, 0.5) is 0 Å². The van der Waals surface area contributed by atoms with Gasteiger partial charge in [-0.15, -0.1) is 5.10 Å². The Balaban J connectivity index is 2.25. The molecule has 1 aromatic heterocycles. The highest BCUT2D eigenvalue weighted by molar-refractivity contribution is 5.73. The highest BCUT2D eigenvalue weighted by atomic mass is 16.3. The second kappa shape index (κ2) is 5.44. The maximum Gasteiger partial charge on any atom is 0.172 e. The lowest BCUT2D eigenvalue weighted by atomic mass is 10.2. The Morgan fingerprint density at radius 2 is 2.06 bits per heavy atom. The van der Waals surface area contributed by atoms with Gasteiger partial charge < -0.3 is 5.11 Å². The van der Waals surface area contributed by atoms with Crippen LogP contribution >= 0.6 is 0 Å². The van der Waals surface area contributed by atoms with Crippen LogP contribution in [0.2, 0.25) is 0 Å². The van der Waals surface area contributed by atoms with Gasteiger partial charge in [-0.3, -0.25) is 4.79 Å². The lowest BCUT2D eigenvalue weighted by molar-refractivity contribution is 0.111. The summed E-state index contributed by atoms with van der Waals surface area (Å²) in [5.74, 6) is 0.236. The third-order valence-corrected chi connectivity index (χ3v) is 2.73. The molecule has 0 radical (unpaired) electrons. The van der Waals surface area contributed by atoms with Gasteiger partial charge in [0.1, 0.15) is 11.4 Å². The standard InChI is InChI=1S/C13H15N3O2/c1-2-3-13-12(9-17)14-15-16(13)8-10-4-6-11(18)7-5-10/h4-7,9,18H,2-3,8H2,1H3. The average molecular weight is 245 g/mol. The topological polar surface area (TPSA) is 68.0 Å². The molecule has 0 amide bonds. The van der Waals surface area contributed by atoms with Gasteiger partial charge in [0.25, 0.3) is 0 Å². The molecule has 1 N–H and O–H groups in total. The first kappa shape index (κ1) is 12.3. The molecule has 5 nitrogen and oxygen atoms in total. The van der Waals surface area contributed by atoms with E-state index in [1.165, 1.54) is 0 Å². The molecule has 1 aromatic carbocycles. The van der Waals surface area contributed by atoms with Crippen LogP contribution in [0.15, 0.2) is 24.3 Å². The number of aromatic hydroxyl groups is 1. The number of aldehydes is 1. The van der Waals surface area contributed by atoms with E-state index in [0.29, 0.717) is 12.2 Å². The number of phenolic OH excluding ortho intramolecular Hbond substituents is 1. The highest BCUT2D eigenvalue weighted by Gasteiger charge is 2.11. The number of aromatic nitrogens is 3. The van der Waals surface area contributed by atoms with Crippen molar-refractivity contribution in [1.82, 2.24) is 15.0 Å². The van der Waals surface area contributed by atoms with E-state index in [-0.39, 0.29) is 5.75 Å². The molecule has 18 heavy (non-hydrogen) atoms. The predicted octanol–water partition coefficient (Wildman–Crippen LogP) is 1.80. The monoisotopic (exact) mass is 245 g/mol. The van der Waals surface area contributed by atoms with E-state index in [0.717, 1.165) is 30.4 Å². The minimum atomic E-state index is 0.236. The Hall–Kier alpha value is -2.17. The first-order valence-corrected chi connectivity index (χ1v) is 5.90. The van der Waals surface area contributed by atoms with E-state index < -0.39 is 0 Å². The highest BCUT2D eigenvalue weighted by Crippen LogP contribution is 2.13. The van der Waals surface area contributed by atoms with E-state index in [9.17, 15) is 9.90 Å². The molecular weight excluding hydrogens is 230 g/mol. The van der Waals surface area contributed by atoms with Crippen LogP contribution in [-0.4, -0.2) is 26.4 Å². The summed E-state index contributed by atoms with van der Waals surface area (Å²) in [6, 6.07) is 6.92. The van der Waals surface area contributed by atoms with Crippen molar-refractivity contribution in [3.8, 4) is 5.75 Å². The smallest absolute Gasteiger partial charge is 0.172 e. The van der Waals surface area contributed by atoms with Crippen LogP contribution in [0.5, 0.6) is 5.75 Å². The molecule has 0 fully saturated rings. The zero-order chi connectivity index (χ0) is 13.0. The van der Waals surface area contributed by atoms with Crippen LogP contribution in [0.25, 0.3) is 0 Å². The number of hydrogen-bond donors (Lipinski definition) is 1. The lowest BCUT2D eigenvalue weighted by Crippen LogP contribution is -2.07. The van der Waals surface area contributed by atoms with Crippen molar-refractivity contribution in [3.63, 3.8) is 0 Å². The van der Waals surface area contributed by atoms with Gasteiger partial charge in [0.2, 0.25) is 0 Å². The summed E-state index contributed by atoms with van der Waals surface area (Å²) in [4.78, 5) is 10.9. The zero-order valence-electron chi connectivity index (χ0n) is 10.2. The molecule has 2 aromatic rings. The molecule has 94 valence electrons. The van der Waals surface area contributed by atoms with Crippen molar-refractivity contribution in [2.75, 3.05) is 0 Å². The fourth-order valence-corrected chi connectivity index (χ4v) is 1.83. The summed E-state index contributed by atoms with van der Waals surface area (Å²) in [5.41, 5.74) is 2.28. The SMILES string of the molecule is CCCc1c(C=O)nnn1Cc1ccc(O)cc1. The Morgan fingerprint density at radius 3 is 2.67 bits per heavy atom. The van der Waals surface area contributed by atoms with Crippen molar-refractivity contribution >= 4 is 6.29 Å². The number of rotatable bonds is 5. The van der Waals surface area contributed by atoms with Crippen LogP contribution in [0.3, 0.4) is 0 Å². The van der Waals surface area contributed by atoms with Crippen molar-refractivity contribution < 1.29 is 9.90 Å². The fourth-order valence-electron chi connectivity index (χ4n) is 1.83. The van der Waals surface area contributed by atoms with Gasteiger partial charge in [-0.05, 0) is 24.1 Å². The Labute approximate surface area is 105 Å². The van der Waals surface area contributed by atoms with E-state index in [1.807, 2.05) is 19.1 Å². The second-order valence-electron chi connectivity index (χ2n) is 4.11. The second-order valence-corrected chi connectivity index (χ2v) is 4.11. The molecular formula is C13H15N3O2. The summed E-state index contributed by atoms with van der Waals surface area (Å²) in [7, 11) is 0. The molecule has 0 aliphatic carbocycles. The third-order valence-electron chi connectivity index (χ3n) is 2.73. The Morgan fingerprint density at radius 1 is 1.33 bits per heavy atom. The average Bonchev–Trinajstić information content (AvgIpc) is 2.75. The van der Waals surface area contributed by atoms with Crippen LogP contribution in [0, 0.1) is 0 Å². The minimum absolute atomic E-state index is 0.236. The lowest BCUT2D eigenvalue weighted by Gasteiger charge is -2.06. The molecule has 0 bridgehead atoms. The molecule has 5 heteroatoms. The Bertz CT molecular complexity index is 532. The molecule has 0 saturated heterocycles. The summed E-state index contributed by atoms with van der Waals surface area (Å²) in [6.07, 6.45) is 2.45. The van der Waals surface area contributed by atoms with Gasteiger partial charge in [0.05, 0.1) is 12.2 Å². The van der Waals surface area contributed by atoms with Gasteiger partial charge in [0.15, 0.2) is 6.29 Å². The number of carbonyl (C=O) groups is 1. The maximum absolute atomic E-state index is 10.9. The first-order valence-electron chi connectivity index (χ1n) is 5.90. The minimum Gasteiger partial charge on any atom is -0.508 e. The number of nitrogens with zero attached hydrogens (tertiary/aromatic N) is 3. The van der Waals surface area contributed by atoms with E-state index >= 15 is 0 Å². The molecule has 2 rings (SSSR count). The van der Waals surface area contributed by atoms with Crippen molar-refractivity contribution in [2.24, 2.45) is 0 Å². The number of phenols is 1. The molecule has 0 aliphatic heterocycles. The van der Waals surface area contributed by atoms with Crippen molar-refractivity contribution in [3.05, 3.63) is 41.2 Å². The van der Waals surface area contributed by atoms with E-state index in [1.54, 1.807) is 16.8 Å². The number of benzene rings is 1. The molecule has 0 unspecified atom stereocenters. The number of hydrogen-bond acceptors (Lipinski definition) is 4. The third kappa shape index (κ3) is 2.56. The quantitative estimate of drug-likeness (QED) is 0.815. The normalized spacial score (nSPS) is 10.5.